The molecule has 3 aliphatic heterocycles. The predicted octanol–water partition coefficient (Wildman–Crippen LogP) is 5.31. The van der Waals surface area contributed by atoms with Gasteiger partial charge in [-0.05, 0) is 98.3 Å². The average Bonchev–Trinajstić information content (AvgIpc) is 3.46. The molecule has 3 heterocycles. The minimum absolute atomic E-state index is 0. The van der Waals surface area contributed by atoms with Crippen molar-refractivity contribution in [2.75, 3.05) is 24.5 Å². The van der Waals surface area contributed by atoms with E-state index in [9.17, 15) is 9.59 Å². The van der Waals surface area contributed by atoms with E-state index in [1.165, 1.54) is 42.4 Å². The standard InChI is InChI=1S/C28H32N2O2.ClH/c31-26(23-17-21-7-10-27(32)30-16-13-22(18-23)28(21)30)9-5-19-11-14-29(15-12-19)25-8-6-20-3-1-2-4-24(20)25;/h1-4,17-19,25H,5-16H2;1H. The van der Waals surface area contributed by atoms with Crippen LogP contribution in [-0.4, -0.2) is 36.2 Å². The van der Waals surface area contributed by atoms with E-state index in [1.54, 1.807) is 5.56 Å². The van der Waals surface area contributed by atoms with Crippen molar-refractivity contribution in [3.8, 4) is 0 Å². The predicted molar refractivity (Wildman–Crippen MR) is 133 cm³/mol. The molecule has 0 bridgehead atoms. The number of halogens is 1. The molecule has 2 aromatic carbocycles. The number of carbonyl (C=O) groups is 2. The summed E-state index contributed by atoms with van der Waals surface area (Å²) in [6.45, 7) is 3.10. The van der Waals surface area contributed by atoms with Gasteiger partial charge in [0, 0.05) is 31.0 Å². The van der Waals surface area contributed by atoms with E-state index in [0.717, 1.165) is 50.1 Å². The SMILES string of the molecule is Cl.O=C(CCC1CCN(C2CCc3ccccc32)CC1)c1cc2c3c(c1)CCN3C(=O)CC2. The lowest BCUT2D eigenvalue weighted by atomic mass is 9.88. The Hall–Kier alpha value is -2.17. The molecule has 1 fully saturated rings. The van der Waals surface area contributed by atoms with Crippen molar-refractivity contribution < 1.29 is 9.59 Å². The van der Waals surface area contributed by atoms with Gasteiger partial charge in [-0.25, -0.2) is 0 Å². The Bertz CT molecular complexity index is 1070. The zero-order chi connectivity index (χ0) is 21.7. The van der Waals surface area contributed by atoms with Crippen LogP contribution in [0.15, 0.2) is 36.4 Å². The van der Waals surface area contributed by atoms with Crippen LogP contribution < -0.4 is 4.90 Å². The Morgan fingerprint density at radius 1 is 0.879 bits per heavy atom. The maximum atomic E-state index is 13.0. The van der Waals surface area contributed by atoms with Crippen molar-refractivity contribution in [2.45, 2.75) is 63.8 Å². The molecule has 6 rings (SSSR count). The average molecular weight is 465 g/mol. The molecular formula is C28H33ClN2O2. The highest BCUT2D eigenvalue weighted by atomic mass is 35.5. The molecule has 5 heteroatoms. The molecule has 2 aromatic rings. The largest absolute Gasteiger partial charge is 0.312 e. The van der Waals surface area contributed by atoms with E-state index in [1.807, 2.05) is 4.90 Å². The first-order valence-electron chi connectivity index (χ1n) is 12.5. The lowest BCUT2D eigenvalue weighted by molar-refractivity contribution is -0.118. The molecular weight excluding hydrogens is 432 g/mol. The van der Waals surface area contributed by atoms with Crippen molar-refractivity contribution in [1.82, 2.24) is 4.90 Å². The fourth-order valence-electron chi connectivity index (χ4n) is 6.57. The number of amides is 1. The topological polar surface area (TPSA) is 40.6 Å². The highest BCUT2D eigenvalue weighted by Gasteiger charge is 2.33. The summed E-state index contributed by atoms with van der Waals surface area (Å²) in [6, 6.07) is 13.7. The smallest absolute Gasteiger partial charge is 0.227 e. The van der Waals surface area contributed by atoms with Crippen molar-refractivity contribution in [3.63, 3.8) is 0 Å². The van der Waals surface area contributed by atoms with Gasteiger partial charge in [0.05, 0.1) is 5.69 Å². The number of fused-ring (bicyclic) bond motifs is 1. The molecule has 1 saturated heterocycles. The zero-order valence-corrected chi connectivity index (χ0v) is 20.0. The molecule has 0 radical (unpaired) electrons. The Balaban J connectivity index is 0.00000228. The summed E-state index contributed by atoms with van der Waals surface area (Å²) >= 11 is 0. The highest BCUT2D eigenvalue weighted by Crippen LogP contribution is 2.39. The molecule has 4 nitrogen and oxygen atoms in total. The second-order valence-electron chi connectivity index (χ2n) is 10.1. The summed E-state index contributed by atoms with van der Waals surface area (Å²) in [4.78, 5) is 29.8. The summed E-state index contributed by atoms with van der Waals surface area (Å²) in [7, 11) is 0. The van der Waals surface area contributed by atoms with E-state index in [0.29, 0.717) is 24.8 Å². The second kappa shape index (κ2) is 9.23. The number of ketones is 1. The maximum Gasteiger partial charge on any atom is 0.227 e. The molecule has 0 aromatic heterocycles. The molecule has 174 valence electrons. The Morgan fingerprint density at radius 3 is 2.45 bits per heavy atom. The quantitative estimate of drug-likeness (QED) is 0.563. The van der Waals surface area contributed by atoms with Crippen LogP contribution in [0, 0.1) is 5.92 Å². The van der Waals surface area contributed by atoms with E-state index in [2.05, 4.69) is 41.3 Å². The van der Waals surface area contributed by atoms with Gasteiger partial charge >= 0.3 is 0 Å². The molecule has 1 aliphatic carbocycles. The lowest BCUT2D eigenvalue weighted by Gasteiger charge is -2.36. The summed E-state index contributed by atoms with van der Waals surface area (Å²) in [5.41, 5.74) is 7.46. The minimum atomic E-state index is 0. The zero-order valence-electron chi connectivity index (χ0n) is 19.2. The van der Waals surface area contributed by atoms with Crippen molar-refractivity contribution in [2.24, 2.45) is 5.92 Å². The number of carbonyl (C=O) groups excluding carboxylic acids is 2. The minimum Gasteiger partial charge on any atom is -0.312 e. The van der Waals surface area contributed by atoms with Gasteiger partial charge < -0.3 is 4.90 Å². The van der Waals surface area contributed by atoms with Crippen LogP contribution in [0.2, 0.25) is 0 Å². The molecule has 1 amide bonds. The number of piperidine rings is 1. The summed E-state index contributed by atoms with van der Waals surface area (Å²) in [5, 5.41) is 0. The van der Waals surface area contributed by atoms with E-state index < -0.39 is 0 Å². The summed E-state index contributed by atoms with van der Waals surface area (Å²) < 4.78 is 0. The van der Waals surface area contributed by atoms with E-state index in [-0.39, 0.29) is 24.1 Å². The van der Waals surface area contributed by atoms with Crippen LogP contribution in [-0.2, 0) is 24.1 Å². The van der Waals surface area contributed by atoms with Crippen molar-refractivity contribution >= 4 is 29.8 Å². The molecule has 1 atom stereocenters. The fraction of sp³-hybridized carbons (Fsp3) is 0.500. The van der Waals surface area contributed by atoms with Crippen LogP contribution in [0.4, 0.5) is 5.69 Å². The number of nitrogens with zero attached hydrogens (tertiary/aromatic N) is 2. The molecule has 4 aliphatic rings. The number of anilines is 1. The molecule has 33 heavy (non-hydrogen) atoms. The van der Waals surface area contributed by atoms with Crippen molar-refractivity contribution in [3.05, 3.63) is 64.2 Å². The van der Waals surface area contributed by atoms with Crippen LogP contribution in [0.25, 0.3) is 0 Å². The van der Waals surface area contributed by atoms with Gasteiger partial charge in [-0.2, -0.15) is 0 Å². The van der Waals surface area contributed by atoms with E-state index in [4.69, 9.17) is 0 Å². The molecule has 0 N–H and O–H groups in total. The number of hydrogen-bond acceptors (Lipinski definition) is 3. The van der Waals surface area contributed by atoms with Gasteiger partial charge in [0.25, 0.3) is 0 Å². The molecule has 0 saturated carbocycles. The first-order valence-corrected chi connectivity index (χ1v) is 12.5. The number of likely N-dealkylation sites (tertiary alicyclic amines) is 1. The maximum absolute atomic E-state index is 13.0. The van der Waals surface area contributed by atoms with E-state index >= 15 is 0 Å². The fourth-order valence-corrected chi connectivity index (χ4v) is 6.57. The van der Waals surface area contributed by atoms with Gasteiger partial charge in [0.1, 0.15) is 0 Å². The Kier molecular flexibility index (Phi) is 6.32. The molecule has 0 spiro atoms. The van der Waals surface area contributed by atoms with Gasteiger partial charge in [-0.3, -0.25) is 14.5 Å². The Labute approximate surface area is 202 Å². The van der Waals surface area contributed by atoms with Gasteiger partial charge in [0.15, 0.2) is 5.78 Å². The number of benzene rings is 2. The van der Waals surface area contributed by atoms with Crippen LogP contribution in [0.1, 0.15) is 77.2 Å². The number of aryl methyl sites for hydroxylation is 2. The second-order valence-corrected chi connectivity index (χ2v) is 10.1. The first kappa shape index (κ1) is 22.6. The number of Topliss-reactive ketones (excluding diaryl/α,β-unsaturated/α-hetero) is 1. The summed E-state index contributed by atoms with van der Waals surface area (Å²) in [5.74, 6) is 1.18. The molecule has 1 unspecified atom stereocenters. The van der Waals surface area contributed by atoms with Gasteiger partial charge in [-0.15, -0.1) is 12.4 Å². The Morgan fingerprint density at radius 2 is 1.64 bits per heavy atom. The summed E-state index contributed by atoms with van der Waals surface area (Å²) in [6.07, 6.45) is 8.78. The third-order valence-electron chi connectivity index (χ3n) is 8.34. The van der Waals surface area contributed by atoms with Crippen LogP contribution >= 0.6 is 12.4 Å². The van der Waals surface area contributed by atoms with Crippen LogP contribution in [0.5, 0.6) is 0 Å². The number of rotatable bonds is 5. The normalized spacial score (nSPS) is 22.1. The third kappa shape index (κ3) is 4.13. The van der Waals surface area contributed by atoms with Crippen LogP contribution in [0.3, 0.4) is 0 Å². The van der Waals surface area contributed by atoms with Gasteiger partial charge in [0.2, 0.25) is 5.91 Å². The van der Waals surface area contributed by atoms with Gasteiger partial charge in [-0.1, -0.05) is 24.3 Å². The highest BCUT2D eigenvalue weighted by molar-refractivity contribution is 6.02. The van der Waals surface area contributed by atoms with Crippen molar-refractivity contribution in [1.29, 1.82) is 0 Å². The monoisotopic (exact) mass is 464 g/mol. The number of hydrogen-bond donors (Lipinski definition) is 0. The first-order chi connectivity index (χ1) is 15.7. The lowest BCUT2D eigenvalue weighted by Crippen LogP contribution is -2.36. The third-order valence-corrected chi connectivity index (χ3v) is 8.34.